The quantitative estimate of drug-likeness (QED) is 0.802. The average molecular weight is 354 g/mol. The van der Waals surface area contributed by atoms with Gasteiger partial charge in [-0.3, -0.25) is 4.79 Å². The molecule has 2 fully saturated rings. The summed E-state index contributed by atoms with van der Waals surface area (Å²) >= 11 is 0. The van der Waals surface area contributed by atoms with E-state index in [-0.39, 0.29) is 5.91 Å². The van der Waals surface area contributed by atoms with Gasteiger partial charge in [-0.1, -0.05) is 17.3 Å². The van der Waals surface area contributed by atoms with Crippen LogP contribution in [-0.2, 0) is 11.2 Å². The van der Waals surface area contributed by atoms with Crippen LogP contribution in [-0.4, -0.2) is 27.8 Å². The molecule has 0 aliphatic heterocycles. The summed E-state index contributed by atoms with van der Waals surface area (Å²) in [6.45, 7) is 2.58. The van der Waals surface area contributed by atoms with Crippen molar-refractivity contribution in [1.82, 2.24) is 20.7 Å². The molecule has 2 aromatic rings. The van der Waals surface area contributed by atoms with E-state index in [9.17, 15) is 4.79 Å². The summed E-state index contributed by atoms with van der Waals surface area (Å²) in [7, 11) is 0. The molecule has 7 nitrogen and oxygen atoms in total. The smallest absolute Gasteiger partial charge is 0.269 e. The van der Waals surface area contributed by atoms with Gasteiger partial charge in [-0.05, 0) is 49.4 Å². The van der Waals surface area contributed by atoms with E-state index in [0.717, 1.165) is 12.5 Å². The molecule has 26 heavy (non-hydrogen) atoms. The van der Waals surface area contributed by atoms with Crippen LogP contribution in [0.25, 0.3) is 11.6 Å². The second kappa shape index (κ2) is 5.79. The molecule has 0 radical (unpaired) electrons. The van der Waals surface area contributed by atoms with Crippen molar-refractivity contribution in [2.24, 2.45) is 23.2 Å². The summed E-state index contributed by atoms with van der Waals surface area (Å²) in [5.74, 6) is 3.52. The van der Waals surface area contributed by atoms with Crippen molar-refractivity contribution >= 4 is 5.91 Å². The van der Waals surface area contributed by atoms with Crippen LogP contribution in [0.5, 0.6) is 0 Å². The van der Waals surface area contributed by atoms with E-state index in [4.69, 9.17) is 8.94 Å². The van der Waals surface area contributed by atoms with E-state index < -0.39 is 0 Å². The highest BCUT2D eigenvalue weighted by atomic mass is 16.5. The minimum absolute atomic E-state index is 0.0404. The van der Waals surface area contributed by atoms with Gasteiger partial charge >= 0.3 is 0 Å². The second-order valence-corrected chi connectivity index (χ2v) is 7.87. The molecule has 2 aromatic heterocycles. The molecule has 0 saturated heterocycles. The fourth-order valence-corrected chi connectivity index (χ4v) is 4.83. The van der Waals surface area contributed by atoms with E-state index in [1.165, 1.54) is 19.3 Å². The van der Waals surface area contributed by atoms with Crippen LogP contribution in [0.4, 0.5) is 0 Å². The van der Waals surface area contributed by atoms with Gasteiger partial charge < -0.3 is 14.3 Å². The number of amides is 1. The number of hydrogen-bond donors (Lipinski definition) is 1. The minimum Gasteiger partial charge on any atom is -0.419 e. The monoisotopic (exact) mass is 354 g/mol. The third-order valence-corrected chi connectivity index (χ3v) is 6.29. The molecule has 7 heteroatoms. The molecule has 1 spiro atoms. The molecule has 3 aliphatic rings. The molecule has 1 amide bonds. The number of carbonyl (C=O) groups excluding carboxylic acids is 1. The predicted molar refractivity (Wildman–Crippen MR) is 91.8 cm³/mol. The number of nitrogens with zero attached hydrogens (tertiary/aromatic N) is 3. The van der Waals surface area contributed by atoms with Gasteiger partial charge in [0.2, 0.25) is 11.8 Å². The molecule has 2 saturated carbocycles. The summed E-state index contributed by atoms with van der Waals surface area (Å²) < 4.78 is 10.6. The van der Waals surface area contributed by atoms with Gasteiger partial charge in [0, 0.05) is 25.5 Å². The van der Waals surface area contributed by atoms with Crippen LogP contribution in [0.1, 0.15) is 37.3 Å². The maximum atomic E-state index is 12.2. The number of nitrogens with one attached hydrogen (secondary N) is 1. The van der Waals surface area contributed by atoms with Crippen molar-refractivity contribution in [3.05, 3.63) is 29.9 Å². The first kappa shape index (κ1) is 15.8. The Kier molecular flexibility index (Phi) is 3.52. The predicted octanol–water partition coefficient (Wildman–Crippen LogP) is 2.68. The van der Waals surface area contributed by atoms with Crippen molar-refractivity contribution in [3.8, 4) is 11.6 Å². The molecule has 5 rings (SSSR count). The van der Waals surface area contributed by atoms with Crippen molar-refractivity contribution in [2.45, 2.75) is 39.0 Å². The lowest BCUT2D eigenvalue weighted by Crippen LogP contribution is -2.31. The minimum atomic E-state index is 0.0404. The van der Waals surface area contributed by atoms with Gasteiger partial charge in [0.1, 0.15) is 5.76 Å². The zero-order valence-corrected chi connectivity index (χ0v) is 14.8. The third kappa shape index (κ3) is 2.57. The molecule has 1 N–H and O–H groups in total. The highest BCUT2D eigenvalue weighted by Crippen LogP contribution is 2.69. The van der Waals surface area contributed by atoms with Crippen LogP contribution in [0.3, 0.4) is 0 Å². The molecule has 2 bridgehead atoms. The highest BCUT2D eigenvalue weighted by molar-refractivity contribution is 5.76. The van der Waals surface area contributed by atoms with Crippen molar-refractivity contribution in [3.63, 3.8) is 0 Å². The van der Waals surface area contributed by atoms with Gasteiger partial charge in [0.05, 0.1) is 0 Å². The van der Waals surface area contributed by atoms with E-state index in [0.29, 0.717) is 53.3 Å². The number of allylic oxidation sites excluding steroid dienone is 2. The van der Waals surface area contributed by atoms with E-state index in [1.807, 2.05) is 0 Å². The molecule has 136 valence electrons. The molecule has 2 heterocycles. The first-order valence-corrected chi connectivity index (χ1v) is 9.35. The Balaban J connectivity index is 1.11. The maximum Gasteiger partial charge on any atom is 0.269 e. The van der Waals surface area contributed by atoms with Gasteiger partial charge in [-0.2, -0.15) is 0 Å². The van der Waals surface area contributed by atoms with Crippen LogP contribution >= 0.6 is 0 Å². The molecule has 0 unspecified atom stereocenters. The number of carbonyl (C=O) groups is 1. The molecule has 3 atom stereocenters. The largest absolute Gasteiger partial charge is 0.419 e. The zero-order chi connectivity index (χ0) is 17.7. The lowest BCUT2D eigenvalue weighted by atomic mass is 9.89. The Hall–Kier alpha value is -2.44. The van der Waals surface area contributed by atoms with Crippen LogP contribution < -0.4 is 5.32 Å². The maximum absolute atomic E-state index is 12.2. The summed E-state index contributed by atoms with van der Waals surface area (Å²) in [5.41, 5.74) is 1.10. The molecule has 3 aliphatic carbocycles. The molecular weight excluding hydrogens is 332 g/mol. The number of aromatic nitrogens is 3. The second-order valence-electron chi connectivity index (χ2n) is 7.87. The number of aryl methyl sites for hydroxylation is 2. The summed E-state index contributed by atoms with van der Waals surface area (Å²) in [6.07, 6.45) is 9.53. The molecule has 0 aromatic carbocycles. The van der Waals surface area contributed by atoms with Crippen molar-refractivity contribution in [2.75, 3.05) is 6.54 Å². The SMILES string of the molecule is Cc1cc(-c2nnc(CCC(=O)NC[C@H]3C[C@H]4C=C[C@H]3C43CC3)o2)no1. The Morgan fingerprint density at radius 2 is 2.23 bits per heavy atom. The van der Waals surface area contributed by atoms with Gasteiger partial charge in [-0.25, -0.2) is 0 Å². The fourth-order valence-electron chi connectivity index (χ4n) is 4.83. The first-order valence-electron chi connectivity index (χ1n) is 9.35. The summed E-state index contributed by atoms with van der Waals surface area (Å²) in [6, 6.07) is 1.74. The Morgan fingerprint density at radius 3 is 2.96 bits per heavy atom. The number of rotatable bonds is 6. The van der Waals surface area contributed by atoms with E-state index >= 15 is 0 Å². The standard InChI is InChI=1S/C19H22N4O3/c1-11-8-15(23-26-11)18-22-21-17(25-18)5-4-16(24)20-10-12-9-13-2-3-14(12)19(13)6-7-19/h2-3,8,12-14H,4-7,9-10H2,1H3,(H,20,24)/t12-,13-,14-/m1/s1. The highest BCUT2D eigenvalue weighted by Gasteiger charge is 2.62. The average Bonchev–Trinajstić information content (AvgIpc) is 2.93. The van der Waals surface area contributed by atoms with Crippen LogP contribution in [0, 0.1) is 30.1 Å². The topological polar surface area (TPSA) is 94.1 Å². The van der Waals surface area contributed by atoms with Crippen LogP contribution in [0.15, 0.2) is 27.2 Å². The van der Waals surface area contributed by atoms with Crippen molar-refractivity contribution < 1.29 is 13.7 Å². The fraction of sp³-hybridized carbons (Fsp3) is 0.579. The summed E-state index contributed by atoms with van der Waals surface area (Å²) in [4.78, 5) is 12.2. The van der Waals surface area contributed by atoms with E-state index in [2.05, 4.69) is 32.8 Å². The normalized spacial score (nSPS) is 27.3. The van der Waals surface area contributed by atoms with Crippen LogP contribution in [0.2, 0.25) is 0 Å². The Labute approximate surface area is 151 Å². The van der Waals surface area contributed by atoms with Crippen molar-refractivity contribution in [1.29, 1.82) is 0 Å². The van der Waals surface area contributed by atoms with Gasteiger partial charge in [-0.15, -0.1) is 10.2 Å². The van der Waals surface area contributed by atoms with Gasteiger partial charge in [0.15, 0.2) is 5.69 Å². The van der Waals surface area contributed by atoms with E-state index in [1.54, 1.807) is 13.0 Å². The Bertz CT molecular complexity index is 864. The molecular formula is C19H22N4O3. The number of hydrogen-bond acceptors (Lipinski definition) is 6. The lowest BCUT2D eigenvalue weighted by molar-refractivity contribution is -0.121. The first-order chi connectivity index (χ1) is 12.6. The lowest BCUT2D eigenvalue weighted by Gasteiger charge is -2.20. The zero-order valence-electron chi connectivity index (χ0n) is 14.8. The third-order valence-electron chi connectivity index (χ3n) is 6.29. The van der Waals surface area contributed by atoms with Gasteiger partial charge in [0.25, 0.3) is 5.89 Å². The summed E-state index contributed by atoms with van der Waals surface area (Å²) in [5, 5.41) is 14.9. The Morgan fingerprint density at radius 1 is 1.35 bits per heavy atom.